The summed E-state index contributed by atoms with van der Waals surface area (Å²) in [5.41, 5.74) is 11.0. The summed E-state index contributed by atoms with van der Waals surface area (Å²) in [4.78, 5) is 25.9. The molecule has 7 heteroatoms. The Kier molecular flexibility index (Phi) is 5.85. The van der Waals surface area contributed by atoms with Gasteiger partial charge in [-0.05, 0) is 6.07 Å². The number of nitrogens with one attached hydrogen (secondary N) is 1. The van der Waals surface area contributed by atoms with Gasteiger partial charge in [-0.15, -0.1) is 0 Å². The van der Waals surface area contributed by atoms with E-state index in [4.69, 9.17) is 11.5 Å². The first-order valence-corrected chi connectivity index (χ1v) is 5.48. The fraction of sp³-hybridized carbons (Fsp3) is 0.250. The third-order valence-corrected chi connectivity index (χ3v) is 1.97. The molecule has 1 heterocycles. The molecule has 0 aliphatic rings. The van der Waals surface area contributed by atoms with Crippen LogP contribution >= 0.6 is 0 Å². The molecular formula is C12H14N4O3. The summed E-state index contributed by atoms with van der Waals surface area (Å²) in [6.07, 6.45) is 2.07. The van der Waals surface area contributed by atoms with Gasteiger partial charge in [0.25, 0.3) is 5.91 Å². The van der Waals surface area contributed by atoms with Gasteiger partial charge in [-0.1, -0.05) is 11.8 Å². The molecule has 2 amide bonds. The SMILES string of the molecule is NCC#Cc1cncc(C(=O)NCCOC(N)=O)c1. The lowest BCUT2D eigenvalue weighted by Crippen LogP contribution is -2.29. The van der Waals surface area contributed by atoms with Crippen molar-refractivity contribution in [3.05, 3.63) is 29.6 Å². The molecule has 100 valence electrons. The summed E-state index contributed by atoms with van der Waals surface area (Å²) in [5.74, 6) is 5.11. The minimum absolute atomic E-state index is 0.0151. The molecule has 1 rings (SSSR count). The zero-order valence-corrected chi connectivity index (χ0v) is 10.2. The fourth-order valence-corrected chi connectivity index (χ4v) is 1.20. The van der Waals surface area contributed by atoms with Crippen LogP contribution in [0.5, 0.6) is 0 Å². The highest BCUT2D eigenvalue weighted by atomic mass is 16.5. The Morgan fingerprint density at radius 1 is 1.42 bits per heavy atom. The number of aromatic nitrogens is 1. The topological polar surface area (TPSA) is 120 Å². The second kappa shape index (κ2) is 7.68. The van der Waals surface area contributed by atoms with Crippen molar-refractivity contribution in [1.29, 1.82) is 0 Å². The summed E-state index contributed by atoms with van der Waals surface area (Å²) < 4.78 is 4.48. The molecule has 0 aliphatic heterocycles. The van der Waals surface area contributed by atoms with Crippen LogP contribution < -0.4 is 16.8 Å². The van der Waals surface area contributed by atoms with Gasteiger partial charge in [0.2, 0.25) is 0 Å². The van der Waals surface area contributed by atoms with Crippen LogP contribution in [0, 0.1) is 11.8 Å². The number of rotatable bonds is 4. The fourth-order valence-electron chi connectivity index (χ4n) is 1.20. The van der Waals surface area contributed by atoms with E-state index < -0.39 is 6.09 Å². The number of primary amides is 1. The standard InChI is InChI=1S/C12H14N4O3/c13-3-1-2-9-6-10(8-15-7-9)11(17)16-4-5-19-12(14)18/h6-8H,3-5,13H2,(H2,14,18)(H,16,17). The molecule has 0 saturated heterocycles. The quantitative estimate of drug-likeness (QED) is 0.485. The molecule has 0 saturated carbocycles. The van der Waals surface area contributed by atoms with Gasteiger partial charge in [-0.3, -0.25) is 9.78 Å². The third-order valence-electron chi connectivity index (χ3n) is 1.97. The van der Waals surface area contributed by atoms with Crippen molar-refractivity contribution in [2.75, 3.05) is 19.7 Å². The first-order chi connectivity index (χ1) is 9.13. The second-order valence-electron chi connectivity index (χ2n) is 3.39. The number of carbonyl (C=O) groups is 2. The normalized spacial score (nSPS) is 9.11. The molecule has 1 aromatic rings. The monoisotopic (exact) mass is 262 g/mol. The Hall–Kier alpha value is -2.59. The number of nitrogens with two attached hydrogens (primary N) is 2. The van der Waals surface area contributed by atoms with E-state index in [1.54, 1.807) is 6.07 Å². The molecule has 1 aromatic heterocycles. The molecule has 0 aliphatic carbocycles. The van der Waals surface area contributed by atoms with Crippen molar-refractivity contribution < 1.29 is 14.3 Å². The Morgan fingerprint density at radius 3 is 2.89 bits per heavy atom. The minimum atomic E-state index is -0.880. The van der Waals surface area contributed by atoms with Gasteiger partial charge in [0.1, 0.15) is 6.61 Å². The van der Waals surface area contributed by atoms with E-state index in [0.717, 1.165) is 0 Å². The van der Waals surface area contributed by atoms with Crippen LogP contribution in [-0.2, 0) is 4.74 Å². The van der Waals surface area contributed by atoms with Gasteiger partial charge < -0.3 is 21.5 Å². The highest BCUT2D eigenvalue weighted by molar-refractivity contribution is 5.94. The van der Waals surface area contributed by atoms with Crippen LogP contribution in [0.3, 0.4) is 0 Å². The molecule has 0 fully saturated rings. The maximum absolute atomic E-state index is 11.7. The average molecular weight is 262 g/mol. The molecule has 0 atom stereocenters. The molecule has 0 bridgehead atoms. The van der Waals surface area contributed by atoms with Gasteiger partial charge >= 0.3 is 6.09 Å². The first-order valence-electron chi connectivity index (χ1n) is 5.48. The number of pyridine rings is 1. The predicted octanol–water partition coefficient (Wildman–Crippen LogP) is -0.783. The molecule has 0 aromatic carbocycles. The largest absolute Gasteiger partial charge is 0.448 e. The van der Waals surface area contributed by atoms with Crippen LogP contribution in [0.15, 0.2) is 18.5 Å². The third kappa shape index (κ3) is 5.52. The maximum atomic E-state index is 11.7. The van der Waals surface area contributed by atoms with E-state index in [1.165, 1.54) is 12.4 Å². The lowest BCUT2D eigenvalue weighted by atomic mass is 10.2. The molecular weight excluding hydrogens is 248 g/mol. The summed E-state index contributed by atoms with van der Waals surface area (Å²) in [6.45, 7) is 0.419. The number of amides is 2. The lowest BCUT2D eigenvalue weighted by Gasteiger charge is -2.05. The molecule has 0 radical (unpaired) electrons. The van der Waals surface area contributed by atoms with E-state index in [-0.39, 0.29) is 25.6 Å². The summed E-state index contributed by atoms with van der Waals surface area (Å²) in [6, 6.07) is 1.60. The Bertz CT molecular complexity index is 519. The van der Waals surface area contributed by atoms with Crippen molar-refractivity contribution in [2.24, 2.45) is 11.5 Å². The van der Waals surface area contributed by atoms with Crippen LogP contribution in [-0.4, -0.2) is 36.7 Å². The summed E-state index contributed by atoms with van der Waals surface area (Å²) >= 11 is 0. The van der Waals surface area contributed by atoms with Crippen molar-refractivity contribution in [2.45, 2.75) is 0 Å². The van der Waals surface area contributed by atoms with Crippen molar-refractivity contribution in [3.63, 3.8) is 0 Å². The van der Waals surface area contributed by atoms with Crippen molar-refractivity contribution in [1.82, 2.24) is 10.3 Å². The van der Waals surface area contributed by atoms with E-state index >= 15 is 0 Å². The van der Waals surface area contributed by atoms with Gasteiger partial charge in [-0.25, -0.2) is 4.79 Å². The zero-order valence-electron chi connectivity index (χ0n) is 10.2. The van der Waals surface area contributed by atoms with E-state index in [9.17, 15) is 9.59 Å². The molecule has 7 nitrogen and oxygen atoms in total. The average Bonchev–Trinajstić information content (AvgIpc) is 2.41. The van der Waals surface area contributed by atoms with Gasteiger partial charge in [0, 0.05) is 18.0 Å². The van der Waals surface area contributed by atoms with Gasteiger partial charge in [0.15, 0.2) is 0 Å². The maximum Gasteiger partial charge on any atom is 0.404 e. The number of hydrogen-bond donors (Lipinski definition) is 3. The lowest BCUT2D eigenvalue weighted by molar-refractivity contribution is 0.0936. The Balaban J connectivity index is 2.54. The highest BCUT2D eigenvalue weighted by Gasteiger charge is 2.06. The minimum Gasteiger partial charge on any atom is -0.448 e. The van der Waals surface area contributed by atoms with Crippen molar-refractivity contribution >= 4 is 12.0 Å². The van der Waals surface area contributed by atoms with E-state index in [0.29, 0.717) is 11.1 Å². The van der Waals surface area contributed by atoms with Crippen LogP contribution in [0.25, 0.3) is 0 Å². The second-order valence-corrected chi connectivity index (χ2v) is 3.39. The molecule has 0 spiro atoms. The molecule has 0 unspecified atom stereocenters. The van der Waals surface area contributed by atoms with Gasteiger partial charge in [-0.2, -0.15) is 0 Å². The number of nitrogens with zero attached hydrogens (tertiary/aromatic N) is 1. The summed E-state index contributed by atoms with van der Waals surface area (Å²) in [5, 5.41) is 2.55. The predicted molar refractivity (Wildman–Crippen MR) is 68.0 cm³/mol. The molecule has 5 N–H and O–H groups in total. The Labute approximate surface area is 110 Å². The Morgan fingerprint density at radius 2 is 2.21 bits per heavy atom. The van der Waals surface area contributed by atoms with E-state index in [1.807, 2.05) is 0 Å². The molecule has 19 heavy (non-hydrogen) atoms. The van der Waals surface area contributed by atoms with E-state index in [2.05, 4.69) is 26.9 Å². The highest BCUT2D eigenvalue weighted by Crippen LogP contribution is 2.01. The number of ether oxygens (including phenoxy) is 1. The first kappa shape index (κ1) is 14.5. The van der Waals surface area contributed by atoms with Crippen LogP contribution in [0.1, 0.15) is 15.9 Å². The van der Waals surface area contributed by atoms with Gasteiger partial charge in [0.05, 0.1) is 18.7 Å². The number of carbonyl (C=O) groups excluding carboxylic acids is 2. The zero-order chi connectivity index (χ0) is 14.1. The summed E-state index contributed by atoms with van der Waals surface area (Å²) in [7, 11) is 0. The van der Waals surface area contributed by atoms with Crippen molar-refractivity contribution in [3.8, 4) is 11.8 Å². The van der Waals surface area contributed by atoms with Crippen LogP contribution in [0.4, 0.5) is 4.79 Å². The van der Waals surface area contributed by atoms with Crippen LogP contribution in [0.2, 0.25) is 0 Å². The number of hydrogen-bond acceptors (Lipinski definition) is 5. The smallest absolute Gasteiger partial charge is 0.404 e.